The van der Waals surface area contributed by atoms with Crippen molar-refractivity contribution in [1.82, 2.24) is 0 Å². The van der Waals surface area contributed by atoms with E-state index >= 15 is 0 Å². The van der Waals surface area contributed by atoms with E-state index in [4.69, 9.17) is 39.9 Å². The van der Waals surface area contributed by atoms with Crippen LogP contribution in [0.3, 0.4) is 0 Å². The van der Waals surface area contributed by atoms with Gasteiger partial charge in [0, 0.05) is 6.42 Å². The maximum atomic E-state index is 12.2. The molecule has 18 nitrogen and oxygen atoms in total. The Bertz CT molecular complexity index is 1010. The highest BCUT2D eigenvalue weighted by molar-refractivity contribution is 6.34. The molecule has 4 heterocycles. The van der Waals surface area contributed by atoms with Gasteiger partial charge in [-0.15, -0.1) is 0 Å². The molecule has 4 aliphatic rings. The zero-order valence-electron chi connectivity index (χ0n) is 16.5. The molecule has 4 aliphatic heterocycles. The zero-order valence-corrected chi connectivity index (χ0v) is 16.5. The number of carbonyl (C=O) groups is 8. The molecule has 0 aliphatic carbocycles. The minimum Gasteiger partial charge on any atom is -0.406 e. The summed E-state index contributed by atoms with van der Waals surface area (Å²) in [6.45, 7) is 0.0374. The normalized spacial score (nSPS) is 25.6. The second-order valence-corrected chi connectivity index (χ2v) is 7.02. The number of cyclic esters (lactones) is 8. The quantitative estimate of drug-likeness (QED) is 0.147. The molecule has 0 amide bonds. The number of rotatable bonds is 7. The van der Waals surface area contributed by atoms with Crippen LogP contribution in [0.2, 0.25) is 0 Å². The maximum Gasteiger partial charge on any atom is 0.440 e. The molecule has 0 aromatic rings. The third-order valence-electron chi connectivity index (χ3n) is 4.97. The first-order valence-corrected chi connectivity index (χ1v) is 9.20. The smallest absolute Gasteiger partial charge is 0.406 e. The Labute approximate surface area is 185 Å². The average molecular weight is 488 g/mol. The molecule has 4 N–H and O–H groups in total. The molecule has 4 rings (SSSR count). The average Bonchev–Trinajstić information content (AvgIpc) is 3.42. The van der Waals surface area contributed by atoms with E-state index in [1.807, 2.05) is 0 Å². The van der Waals surface area contributed by atoms with Crippen molar-refractivity contribution < 1.29 is 76.3 Å². The summed E-state index contributed by atoms with van der Waals surface area (Å²) < 4.78 is 38.4. The molecule has 0 unspecified atom stereocenters. The summed E-state index contributed by atoms with van der Waals surface area (Å²) in [5.41, 5.74) is 11.2. The van der Waals surface area contributed by atoms with E-state index < -0.39 is 77.4 Å². The fourth-order valence-corrected chi connectivity index (χ4v) is 3.60. The van der Waals surface area contributed by atoms with E-state index in [0.29, 0.717) is 0 Å². The van der Waals surface area contributed by atoms with E-state index in [9.17, 15) is 38.4 Å². The van der Waals surface area contributed by atoms with Gasteiger partial charge < -0.3 is 43.6 Å². The van der Waals surface area contributed by atoms with Crippen molar-refractivity contribution in [1.29, 1.82) is 0 Å². The molecule has 182 valence electrons. The third kappa shape index (κ3) is 2.75. The summed E-state index contributed by atoms with van der Waals surface area (Å²) in [4.78, 5) is 96.0. The molecule has 34 heavy (non-hydrogen) atoms. The van der Waals surface area contributed by atoms with E-state index in [0.717, 1.165) is 0 Å². The molecular formula is C16H12N2O16. The summed E-state index contributed by atoms with van der Waals surface area (Å²) in [5.74, 6) is -28.6. The molecule has 18 heteroatoms. The fourth-order valence-electron chi connectivity index (χ4n) is 3.60. The molecule has 0 spiro atoms. The predicted molar refractivity (Wildman–Crippen MR) is 86.8 cm³/mol. The van der Waals surface area contributed by atoms with Crippen molar-refractivity contribution >= 4 is 47.8 Å². The standard InChI is InChI=1S/C16H12N2O16/c17-4-2-1-3-13(27-5(19)6(20)28-13)14(29-7(21)8(22)30-14)15(31-9(23)10(24)32-15)16(18)33-11(25)12(26)34-16/h1-4,17-18H2. The minimum absolute atomic E-state index is 0.0374. The monoisotopic (exact) mass is 488 g/mol. The molecule has 0 saturated carbocycles. The molecule has 4 fully saturated rings. The van der Waals surface area contributed by atoms with Gasteiger partial charge in [0.05, 0.1) is 0 Å². The highest BCUT2D eigenvalue weighted by Gasteiger charge is 2.93. The van der Waals surface area contributed by atoms with Gasteiger partial charge in [-0.2, -0.15) is 0 Å². The lowest BCUT2D eigenvalue weighted by atomic mass is 9.88. The lowest BCUT2D eigenvalue weighted by molar-refractivity contribution is -0.466. The van der Waals surface area contributed by atoms with Gasteiger partial charge in [-0.05, 0) is 19.4 Å². The largest absolute Gasteiger partial charge is 0.440 e. The van der Waals surface area contributed by atoms with E-state index in [2.05, 4.69) is 9.47 Å². The van der Waals surface area contributed by atoms with Gasteiger partial charge >= 0.3 is 71.0 Å². The molecule has 0 atom stereocenters. The summed E-state index contributed by atoms with van der Waals surface area (Å²) in [5, 5.41) is 0. The minimum atomic E-state index is -3.73. The van der Waals surface area contributed by atoms with Gasteiger partial charge in [-0.3, -0.25) is 5.73 Å². The lowest BCUT2D eigenvalue weighted by Gasteiger charge is -2.47. The summed E-state index contributed by atoms with van der Waals surface area (Å²) in [7, 11) is 0. The van der Waals surface area contributed by atoms with Gasteiger partial charge in [0.1, 0.15) is 0 Å². The van der Waals surface area contributed by atoms with E-state index in [-0.39, 0.29) is 19.4 Å². The SMILES string of the molecule is NCCCCC1(C2(C3(C4(N)OC(=O)C(=O)O4)OC(=O)C(=O)O3)OC(=O)C(=O)O2)OC(=O)C(=O)O1. The maximum absolute atomic E-state index is 12.2. The fraction of sp³-hybridized carbons (Fsp3) is 0.500. The van der Waals surface area contributed by atoms with Crippen molar-refractivity contribution in [2.75, 3.05) is 6.54 Å². The summed E-state index contributed by atoms with van der Waals surface area (Å²) in [6.07, 6.45) is -0.695. The van der Waals surface area contributed by atoms with Crippen LogP contribution in [0.15, 0.2) is 0 Å². The van der Waals surface area contributed by atoms with Crippen LogP contribution < -0.4 is 11.5 Å². The molecular weight excluding hydrogens is 476 g/mol. The number of hydrogen-bond acceptors (Lipinski definition) is 18. The Kier molecular flexibility index (Phi) is 4.77. The van der Waals surface area contributed by atoms with Crippen LogP contribution >= 0.6 is 0 Å². The third-order valence-corrected chi connectivity index (χ3v) is 4.97. The van der Waals surface area contributed by atoms with Crippen LogP contribution in [0.4, 0.5) is 0 Å². The number of esters is 8. The van der Waals surface area contributed by atoms with Crippen LogP contribution in [0.1, 0.15) is 19.3 Å². The van der Waals surface area contributed by atoms with Crippen molar-refractivity contribution in [2.24, 2.45) is 11.5 Å². The first-order valence-electron chi connectivity index (χ1n) is 9.20. The lowest BCUT2D eigenvalue weighted by Crippen LogP contribution is -2.80. The summed E-state index contributed by atoms with van der Waals surface area (Å²) >= 11 is 0. The zero-order chi connectivity index (χ0) is 25.1. The number of hydrogen-bond donors (Lipinski definition) is 2. The number of nitrogens with two attached hydrogens (primary N) is 2. The van der Waals surface area contributed by atoms with Crippen LogP contribution in [-0.2, 0) is 76.3 Å². The van der Waals surface area contributed by atoms with E-state index in [1.54, 1.807) is 0 Å². The first-order chi connectivity index (χ1) is 15.9. The molecule has 0 aromatic heterocycles. The van der Waals surface area contributed by atoms with Crippen LogP contribution in [0.25, 0.3) is 0 Å². The molecule has 0 aromatic carbocycles. The Morgan fingerprint density at radius 1 is 0.500 bits per heavy atom. The van der Waals surface area contributed by atoms with Gasteiger partial charge in [-0.1, -0.05) is 0 Å². The van der Waals surface area contributed by atoms with Crippen LogP contribution in [0, 0.1) is 0 Å². The van der Waals surface area contributed by atoms with Gasteiger partial charge in [-0.25, -0.2) is 38.4 Å². The van der Waals surface area contributed by atoms with Crippen molar-refractivity contribution in [3.05, 3.63) is 0 Å². The van der Waals surface area contributed by atoms with Crippen LogP contribution in [-0.4, -0.2) is 77.6 Å². The Morgan fingerprint density at radius 3 is 1.26 bits per heavy atom. The van der Waals surface area contributed by atoms with Crippen molar-refractivity contribution in [2.45, 2.75) is 42.5 Å². The topological polar surface area (TPSA) is 262 Å². The second-order valence-electron chi connectivity index (χ2n) is 7.02. The van der Waals surface area contributed by atoms with Crippen molar-refractivity contribution in [3.63, 3.8) is 0 Å². The molecule has 0 radical (unpaired) electrons. The molecule has 4 saturated heterocycles. The predicted octanol–water partition coefficient (Wildman–Crippen LogP) is -4.78. The Hall–Kier alpha value is -4.32. The second kappa shape index (κ2) is 7.09. The van der Waals surface area contributed by atoms with E-state index in [1.165, 1.54) is 0 Å². The van der Waals surface area contributed by atoms with Crippen LogP contribution in [0.5, 0.6) is 0 Å². The van der Waals surface area contributed by atoms with Crippen molar-refractivity contribution in [3.8, 4) is 0 Å². The Morgan fingerprint density at radius 2 is 0.853 bits per heavy atom. The number of ether oxygens (including phenoxy) is 8. The number of carbonyl (C=O) groups excluding carboxylic acids is 8. The summed E-state index contributed by atoms with van der Waals surface area (Å²) in [6, 6.07) is 0. The van der Waals surface area contributed by atoms with Gasteiger partial charge in [0.2, 0.25) is 0 Å². The highest BCUT2D eigenvalue weighted by Crippen LogP contribution is 2.56. The van der Waals surface area contributed by atoms with Gasteiger partial charge in [0.25, 0.3) is 0 Å². The van der Waals surface area contributed by atoms with Gasteiger partial charge in [0.15, 0.2) is 0 Å². The Balaban J connectivity index is 1.99. The highest BCUT2D eigenvalue weighted by atomic mass is 16.9. The molecule has 0 bridgehead atoms. The first kappa shape index (κ1) is 22.9. The number of unbranched alkanes of at least 4 members (excludes halogenated alkanes) is 1.